The molecule has 1 saturated carbocycles. The molecule has 0 amide bonds. The van der Waals surface area contributed by atoms with Crippen LogP contribution in [0.4, 0.5) is 19.0 Å². The van der Waals surface area contributed by atoms with Gasteiger partial charge in [0.15, 0.2) is 11.3 Å². The molecule has 1 fully saturated rings. The molecule has 2 heterocycles. The molecule has 176 valence electrons. The minimum Gasteiger partial charge on any atom is -0.476 e. The number of benzene rings is 1. The van der Waals surface area contributed by atoms with E-state index in [2.05, 4.69) is 15.4 Å². The van der Waals surface area contributed by atoms with E-state index in [1.165, 1.54) is 16.6 Å². The molecule has 33 heavy (non-hydrogen) atoms. The van der Waals surface area contributed by atoms with Gasteiger partial charge in [-0.05, 0) is 69.7 Å². The number of anilines is 1. The maximum absolute atomic E-state index is 13.2. The van der Waals surface area contributed by atoms with Crippen molar-refractivity contribution in [1.29, 1.82) is 0 Å². The van der Waals surface area contributed by atoms with Gasteiger partial charge in [0, 0.05) is 11.6 Å². The first-order chi connectivity index (χ1) is 15.4. The number of hydrogen-bond acceptors (Lipinski definition) is 5. The smallest absolute Gasteiger partial charge is 0.416 e. The number of nitrogens with zero attached hydrogens (tertiary/aromatic N) is 3. The molecule has 0 atom stereocenters. The Balaban J connectivity index is 1.68. The van der Waals surface area contributed by atoms with Crippen LogP contribution in [0.3, 0.4) is 0 Å². The molecule has 7 nitrogen and oxygen atoms in total. The predicted molar refractivity (Wildman–Crippen MR) is 116 cm³/mol. The number of nitrogens with one attached hydrogen (secondary N) is 1. The van der Waals surface area contributed by atoms with E-state index in [1.54, 1.807) is 12.1 Å². The zero-order chi connectivity index (χ0) is 24.0. The first kappa shape index (κ1) is 23.0. The Morgan fingerprint density at radius 3 is 2.42 bits per heavy atom. The third-order valence-corrected chi connectivity index (χ3v) is 6.22. The quantitative estimate of drug-likeness (QED) is 0.501. The molecule has 0 unspecified atom stereocenters. The van der Waals surface area contributed by atoms with Crippen LogP contribution in [-0.2, 0) is 6.18 Å². The monoisotopic (exact) mass is 462 g/mol. The lowest BCUT2D eigenvalue weighted by molar-refractivity contribution is -0.137. The molecule has 1 aliphatic rings. The van der Waals surface area contributed by atoms with Gasteiger partial charge < -0.3 is 15.5 Å². The maximum atomic E-state index is 13.2. The number of aromatic carboxylic acids is 1. The number of carboxylic acid groups (broad SMARTS) is 1. The van der Waals surface area contributed by atoms with E-state index in [0.717, 1.165) is 37.8 Å². The summed E-state index contributed by atoms with van der Waals surface area (Å²) in [7, 11) is 0. The molecule has 3 N–H and O–H groups in total. The molecule has 0 aliphatic heterocycles. The number of fused-ring (bicyclic) bond motifs is 1. The van der Waals surface area contributed by atoms with Gasteiger partial charge in [-0.3, -0.25) is 0 Å². The molecule has 1 aromatic carbocycles. The zero-order valence-electron chi connectivity index (χ0n) is 18.2. The summed E-state index contributed by atoms with van der Waals surface area (Å²) >= 11 is 0. The molecule has 1 aliphatic carbocycles. The number of alkyl halides is 3. The number of carboxylic acids is 1. The first-order valence-electron chi connectivity index (χ1n) is 10.7. The minimum absolute atomic E-state index is 0.0158. The fourth-order valence-electron chi connectivity index (χ4n) is 4.41. The van der Waals surface area contributed by atoms with Gasteiger partial charge >= 0.3 is 12.1 Å². The number of imidazole rings is 1. The Kier molecular flexibility index (Phi) is 5.81. The van der Waals surface area contributed by atoms with Crippen molar-refractivity contribution in [1.82, 2.24) is 14.6 Å². The number of hydrogen-bond donors (Lipinski definition) is 3. The number of aromatic nitrogens is 3. The Morgan fingerprint density at radius 1 is 1.12 bits per heavy atom. The van der Waals surface area contributed by atoms with Crippen molar-refractivity contribution in [3.8, 4) is 11.3 Å². The number of carbonyl (C=O) groups is 1. The van der Waals surface area contributed by atoms with E-state index in [4.69, 9.17) is 0 Å². The van der Waals surface area contributed by atoms with Gasteiger partial charge in [0.25, 0.3) is 0 Å². The van der Waals surface area contributed by atoms with Crippen molar-refractivity contribution in [2.24, 2.45) is 5.92 Å². The zero-order valence-corrected chi connectivity index (χ0v) is 18.2. The van der Waals surface area contributed by atoms with E-state index in [1.807, 2.05) is 13.8 Å². The Morgan fingerprint density at radius 2 is 1.82 bits per heavy atom. The van der Waals surface area contributed by atoms with Gasteiger partial charge in [-0.25, -0.2) is 14.3 Å². The molecule has 4 rings (SSSR count). The van der Waals surface area contributed by atoms with Crippen LogP contribution in [0.15, 0.2) is 36.4 Å². The largest absolute Gasteiger partial charge is 0.476 e. The van der Waals surface area contributed by atoms with Crippen LogP contribution in [0.5, 0.6) is 0 Å². The van der Waals surface area contributed by atoms with Crippen molar-refractivity contribution in [2.45, 2.75) is 57.3 Å². The summed E-state index contributed by atoms with van der Waals surface area (Å²) in [6, 6.07) is 7.84. The lowest BCUT2D eigenvalue weighted by Gasteiger charge is -2.36. The van der Waals surface area contributed by atoms with Crippen molar-refractivity contribution in [2.75, 3.05) is 5.32 Å². The second-order valence-electron chi connectivity index (χ2n) is 9.03. The highest BCUT2D eigenvalue weighted by Gasteiger charge is 2.33. The summed E-state index contributed by atoms with van der Waals surface area (Å²) in [5, 5.41) is 27.6. The summed E-state index contributed by atoms with van der Waals surface area (Å²) in [5.74, 6) is -0.672. The van der Waals surface area contributed by atoms with E-state index >= 15 is 0 Å². The Bertz CT molecular complexity index is 1180. The summed E-state index contributed by atoms with van der Waals surface area (Å²) in [5.41, 5.74) is -1.72. The topological polar surface area (TPSA) is 99.8 Å². The highest BCUT2D eigenvalue weighted by molar-refractivity contribution is 5.94. The van der Waals surface area contributed by atoms with Crippen LogP contribution in [0.25, 0.3) is 16.9 Å². The molecule has 2 aromatic heterocycles. The molecule has 3 aromatic rings. The fraction of sp³-hybridized carbons (Fsp3) is 0.435. The average Bonchev–Trinajstić information content (AvgIpc) is 3.12. The van der Waals surface area contributed by atoms with Crippen molar-refractivity contribution in [3.63, 3.8) is 0 Å². The van der Waals surface area contributed by atoms with Crippen LogP contribution < -0.4 is 5.32 Å². The van der Waals surface area contributed by atoms with Gasteiger partial charge in [0.05, 0.1) is 11.2 Å². The molecular formula is C23H25F3N4O3. The van der Waals surface area contributed by atoms with Gasteiger partial charge in [-0.15, -0.1) is 5.10 Å². The molecule has 0 spiro atoms. The summed E-state index contributed by atoms with van der Waals surface area (Å²) in [6.07, 6.45) is -1.19. The fourth-order valence-corrected chi connectivity index (χ4v) is 4.41. The van der Waals surface area contributed by atoms with Crippen LogP contribution in [0.1, 0.15) is 55.6 Å². The van der Waals surface area contributed by atoms with Crippen LogP contribution in [0, 0.1) is 5.92 Å². The molecule has 10 heteroatoms. The Labute approximate surface area is 188 Å². The normalized spacial score (nSPS) is 19.6. The minimum atomic E-state index is -4.57. The summed E-state index contributed by atoms with van der Waals surface area (Å²) < 4.78 is 41.0. The molecule has 0 bridgehead atoms. The number of aliphatic hydroxyl groups is 1. The first-order valence-corrected chi connectivity index (χ1v) is 10.7. The van der Waals surface area contributed by atoms with Gasteiger partial charge in [-0.2, -0.15) is 13.2 Å². The second-order valence-corrected chi connectivity index (χ2v) is 9.03. The van der Waals surface area contributed by atoms with E-state index in [9.17, 15) is 28.2 Å². The van der Waals surface area contributed by atoms with Gasteiger partial charge in [-0.1, -0.05) is 12.1 Å². The van der Waals surface area contributed by atoms with E-state index < -0.39 is 23.3 Å². The second kappa shape index (κ2) is 8.33. The number of halogens is 3. The van der Waals surface area contributed by atoms with E-state index in [0.29, 0.717) is 5.82 Å². The Hall–Kier alpha value is -3.14. The average molecular weight is 462 g/mol. The highest BCUT2D eigenvalue weighted by Crippen LogP contribution is 2.35. The van der Waals surface area contributed by atoms with Crippen molar-refractivity contribution < 1.29 is 28.2 Å². The molecular weight excluding hydrogens is 437 g/mol. The van der Waals surface area contributed by atoms with Crippen LogP contribution in [0.2, 0.25) is 0 Å². The standard InChI is InChI=1S/C23H25F3N4O3/c1-22(2,33)14-6-8-16(9-7-14)27-17-10-11-18-28-19(21(31)32)20(30(18)29-17)13-4-3-5-15(12-13)23(24,25)26/h3-5,10-12,14,16,33H,6-9H2,1-2H3,(H,27,29)(H,31,32). The van der Waals surface area contributed by atoms with Gasteiger partial charge in [0.2, 0.25) is 0 Å². The van der Waals surface area contributed by atoms with E-state index in [-0.39, 0.29) is 34.6 Å². The lowest BCUT2D eigenvalue weighted by Crippen LogP contribution is -2.37. The molecule has 0 saturated heterocycles. The summed E-state index contributed by atoms with van der Waals surface area (Å²) in [6.45, 7) is 3.63. The maximum Gasteiger partial charge on any atom is 0.416 e. The molecule has 0 radical (unpaired) electrons. The van der Waals surface area contributed by atoms with Gasteiger partial charge in [0.1, 0.15) is 11.5 Å². The number of rotatable bonds is 5. The third kappa shape index (κ3) is 4.80. The van der Waals surface area contributed by atoms with Crippen LogP contribution in [-0.4, -0.2) is 42.4 Å². The van der Waals surface area contributed by atoms with Crippen LogP contribution >= 0.6 is 0 Å². The summed E-state index contributed by atoms with van der Waals surface area (Å²) in [4.78, 5) is 15.9. The van der Waals surface area contributed by atoms with Crippen molar-refractivity contribution >= 4 is 17.4 Å². The third-order valence-electron chi connectivity index (χ3n) is 6.22. The lowest BCUT2D eigenvalue weighted by atomic mass is 9.77. The highest BCUT2D eigenvalue weighted by atomic mass is 19.4. The predicted octanol–water partition coefficient (Wildman–Crippen LogP) is 4.85. The SMILES string of the molecule is CC(C)(O)C1CCC(Nc2ccc3nc(C(=O)O)c(-c4cccc(C(F)(F)F)c4)n3n2)CC1. The van der Waals surface area contributed by atoms with Crippen molar-refractivity contribution in [3.05, 3.63) is 47.7 Å².